The number of hydrogen-bond donors (Lipinski definition) is 0. The number of rotatable bonds is 6. The fourth-order valence-electron chi connectivity index (χ4n) is 5.54. The van der Waals surface area contributed by atoms with Crippen LogP contribution in [0.4, 0.5) is 0 Å². The van der Waals surface area contributed by atoms with Crippen LogP contribution in [0.5, 0.6) is 0 Å². The van der Waals surface area contributed by atoms with Gasteiger partial charge in [0.05, 0.1) is 5.69 Å². The van der Waals surface area contributed by atoms with Gasteiger partial charge in [0.2, 0.25) is 0 Å². The maximum atomic E-state index is 5.15. The molecule has 0 bridgehead atoms. The molecule has 0 spiro atoms. The molecule has 0 unspecified atom stereocenters. The standard InChI is InChI=1S/C29H40N2/c1-20(2)22(4)24-16-12-23(13-17-24)18-27-19-28(25-14-10-21(3)11-15-25)31-29(30-27)26-8-6-5-7-9-26/h10-11,14-15,19-20,23-24,26H,4-9,12-13,16-18H2,1-3H3. The zero-order valence-electron chi connectivity index (χ0n) is 19.9. The van der Waals surface area contributed by atoms with Crippen LogP contribution in [-0.2, 0) is 6.42 Å². The first-order valence-corrected chi connectivity index (χ1v) is 12.6. The van der Waals surface area contributed by atoms with E-state index >= 15 is 0 Å². The highest BCUT2D eigenvalue weighted by Gasteiger charge is 2.26. The quantitative estimate of drug-likeness (QED) is 0.445. The van der Waals surface area contributed by atoms with Crippen molar-refractivity contribution in [2.45, 2.75) is 90.9 Å². The van der Waals surface area contributed by atoms with Crippen LogP contribution in [0.2, 0.25) is 0 Å². The Morgan fingerprint density at radius 1 is 0.935 bits per heavy atom. The van der Waals surface area contributed by atoms with E-state index in [0.29, 0.717) is 11.8 Å². The molecule has 1 heterocycles. The predicted molar refractivity (Wildman–Crippen MR) is 131 cm³/mol. The van der Waals surface area contributed by atoms with E-state index in [1.165, 1.54) is 80.2 Å². The molecule has 2 fully saturated rings. The third kappa shape index (κ3) is 5.64. The molecule has 2 aliphatic carbocycles. The second kappa shape index (κ2) is 10.1. The van der Waals surface area contributed by atoms with Gasteiger partial charge in [-0.1, -0.05) is 75.1 Å². The summed E-state index contributed by atoms with van der Waals surface area (Å²) in [7, 11) is 0. The normalized spacial score (nSPS) is 22.6. The van der Waals surface area contributed by atoms with Crippen molar-refractivity contribution in [2.24, 2.45) is 17.8 Å². The summed E-state index contributed by atoms with van der Waals surface area (Å²) < 4.78 is 0. The molecule has 31 heavy (non-hydrogen) atoms. The maximum absolute atomic E-state index is 5.15. The molecule has 0 atom stereocenters. The molecule has 166 valence electrons. The van der Waals surface area contributed by atoms with Crippen LogP contribution in [0.25, 0.3) is 11.3 Å². The summed E-state index contributed by atoms with van der Waals surface area (Å²) >= 11 is 0. The molecule has 1 aromatic carbocycles. The highest BCUT2D eigenvalue weighted by molar-refractivity contribution is 5.59. The summed E-state index contributed by atoms with van der Waals surface area (Å²) in [6, 6.07) is 11.1. The van der Waals surface area contributed by atoms with Crippen molar-refractivity contribution in [3.63, 3.8) is 0 Å². The summed E-state index contributed by atoms with van der Waals surface area (Å²) in [4.78, 5) is 10.2. The zero-order chi connectivity index (χ0) is 21.8. The van der Waals surface area contributed by atoms with Gasteiger partial charge in [0, 0.05) is 17.2 Å². The topological polar surface area (TPSA) is 25.8 Å². The molecular weight excluding hydrogens is 376 g/mol. The third-order valence-corrected chi connectivity index (χ3v) is 7.72. The Labute approximate surface area is 189 Å². The van der Waals surface area contributed by atoms with Crippen LogP contribution >= 0.6 is 0 Å². The van der Waals surface area contributed by atoms with Gasteiger partial charge in [-0.15, -0.1) is 0 Å². The van der Waals surface area contributed by atoms with Gasteiger partial charge in [0.25, 0.3) is 0 Å². The molecular formula is C29H40N2. The second-order valence-electron chi connectivity index (χ2n) is 10.5. The van der Waals surface area contributed by atoms with E-state index in [-0.39, 0.29) is 0 Å². The molecule has 2 nitrogen and oxygen atoms in total. The van der Waals surface area contributed by atoms with Gasteiger partial charge in [0.15, 0.2) is 0 Å². The van der Waals surface area contributed by atoms with Crippen molar-refractivity contribution in [2.75, 3.05) is 0 Å². The highest BCUT2D eigenvalue weighted by atomic mass is 14.9. The smallest absolute Gasteiger partial charge is 0.132 e. The number of aryl methyl sites for hydroxylation is 1. The van der Waals surface area contributed by atoms with E-state index < -0.39 is 0 Å². The molecule has 2 heteroatoms. The van der Waals surface area contributed by atoms with E-state index in [0.717, 1.165) is 29.8 Å². The highest BCUT2D eigenvalue weighted by Crippen LogP contribution is 2.37. The van der Waals surface area contributed by atoms with Gasteiger partial charge >= 0.3 is 0 Å². The number of benzene rings is 1. The Kier molecular flexibility index (Phi) is 7.25. The first kappa shape index (κ1) is 22.2. The minimum atomic E-state index is 0.544. The summed E-state index contributed by atoms with van der Waals surface area (Å²) in [5.74, 6) is 3.73. The summed E-state index contributed by atoms with van der Waals surface area (Å²) in [6.45, 7) is 11.1. The molecule has 0 amide bonds. The summed E-state index contributed by atoms with van der Waals surface area (Å²) in [5, 5.41) is 0. The first-order valence-electron chi connectivity index (χ1n) is 12.6. The lowest BCUT2D eigenvalue weighted by Crippen LogP contribution is -2.20. The van der Waals surface area contributed by atoms with Crippen LogP contribution < -0.4 is 0 Å². The van der Waals surface area contributed by atoms with Gasteiger partial charge in [-0.2, -0.15) is 0 Å². The van der Waals surface area contributed by atoms with Crippen molar-refractivity contribution < 1.29 is 0 Å². The van der Waals surface area contributed by atoms with Crippen molar-refractivity contribution in [3.8, 4) is 11.3 Å². The van der Waals surface area contributed by atoms with Gasteiger partial charge in [-0.05, 0) is 75.7 Å². The zero-order valence-corrected chi connectivity index (χ0v) is 19.9. The summed E-state index contributed by atoms with van der Waals surface area (Å²) in [6.07, 6.45) is 12.8. The van der Waals surface area contributed by atoms with E-state index in [9.17, 15) is 0 Å². The molecule has 1 aromatic heterocycles. The van der Waals surface area contributed by atoms with Gasteiger partial charge in [0.1, 0.15) is 5.82 Å². The van der Waals surface area contributed by atoms with Gasteiger partial charge < -0.3 is 0 Å². The van der Waals surface area contributed by atoms with Crippen molar-refractivity contribution >= 4 is 0 Å². The molecule has 2 saturated carbocycles. The van der Waals surface area contributed by atoms with E-state index in [4.69, 9.17) is 9.97 Å². The minimum Gasteiger partial charge on any atom is -0.238 e. The van der Waals surface area contributed by atoms with Gasteiger partial charge in [-0.25, -0.2) is 9.97 Å². The number of hydrogen-bond acceptors (Lipinski definition) is 2. The Morgan fingerprint density at radius 3 is 2.26 bits per heavy atom. The molecule has 2 aromatic rings. The molecule has 0 aliphatic heterocycles. The summed E-state index contributed by atoms with van der Waals surface area (Å²) in [5.41, 5.74) is 6.36. The van der Waals surface area contributed by atoms with E-state index in [1.807, 2.05) is 0 Å². The van der Waals surface area contributed by atoms with Crippen LogP contribution in [0.1, 0.15) is 94.6 Å². The van der Waals surface area contributed by atoms with Crippen LogP contribution in [-0.4, -0.2) is 9.97 Å². The Morgan fingerprint density at radius 2 is 1.61 bits per heavy atom. The molecule has 0 radical (unpaired) electrons. The van der Waals surface area contributed by atoms with Crippen molar-refractivity contribution in [3.05, 3.63) is 59.6 Å². The van der Waals surface area contributed by atoms with Crippen LogP contribution in [0.3, 0.4) is 0 Å². The largest absolute Gasteiger partial charge is 0.238 e. The lowest BCUT2D eigenvalue weighted by Gasteiger charge is -2.31. The van der Waals surface area contributed by atoms with Crippen molar-refractivity contribution in [1.82, 2.24) is 9.97 Å². The third-order valence-electron chi connectivity index (χ3n) is 7.72. The second-order valence-corrected chi connectivity index (χ2v) is 10.5. The Balaban J connectivity index is 1.53. The van der Waals surface area contributed by atoms with Crippen LogP contribution in [0, 0.1) is 24.7 Å². The number of aromatic nitrogens is 2. The lowest BCUT2D eigenvalue weighted by atomic mass is 9.75. The monoisotopic (exact) mass is 416 g/mol. The lowest BCUT2D eigenvalue weighted by molar-refractivity contribution is 0.289. The Hall–Kier alpha value is -1.96. The molecule has 2 aliphatic rings. The SMILES string of the molecule is C=C(C(C)C)C1CCC(Cc2cc(-c3ccc(C)cc3)nc(C3CCCCC3)n2)CC1. The first-order chi connectivity index (χ1) is 15.0. The fourth-order valence-corrected chi connectivity index (χ4v) is 5.54. The van der Waals surface area contributed by atoms with E-state index in [1.54, 1.807) is 0 Å². The van der Waals surface area contributed by atoms with Crippen LogP contribution in [0.15, 0.2) is 42.5 Å². The minimum absolute atomic E-state index is 0.544. The average Bonchev–Trinajstić information content (AvgIpc) is 2.80. The number of nitrogens with zero attached hydrogens (tertiary/aromatic N) is 2. The average molecular weight is 417 g/mol. The van der Waals surface area contributed by atoms with E-state index in [2.05, 4.69) is 57.7 Å². The predicted octanol–water partition coefficient (Wildman–Crippen LogP) is 8.06. The molecule has 4 rings (SSSR count). The van der Waals surface area contributed by atoms with Crippen molar-refractivity contribution in [1.29, 1.82) is 0 Å². The molecule has 0 N–H and O–H groups in total. The molecule has 0 saturated heterocycles. The maximum Gasteiger partial charge on any atom is 0.132 e. The Bertz CT molecular complexity index is 866. The number of allylic oxidation sites excluding steroid dienone is 1. The fraction of sp³-hybridized carbons (Fsp3) is 0.586. The van der Waals surface area contributed by atoms with Gasteiger partial charge in [-0.3, -0.25) is 0 Å².